The van der Waals surface area contributed by atoms with Crippen molar-refractivity contribution < 1.29 is 5.11 Å². The van der Waals surface area contributed by atoms with E-state index in [4.69, 9.17) is 0 Å². The summed E-state index contributed by atoms with van der Waals surface area (Å²) in [7, 11) is 0. The average molecular weight is 300 g/mol. The standard InChI is InChI=1S/C14H22BrNO/c1-10-6-7-11(8-12(10)15)9-16-13(2,3)14(4,5)17/h6-8,16-17H,9H2,1-5H3. The molecule has 0 aromatic heterocycles. The monoisotopic (exact) mass is 299 g/mol. The Morgan fingerprint density at radius 2 is 1.82 bits per heavy atom. The third-order valence-electron chi connectivity index (χ3n) is 3.50. The Labute approximate surface area is 113 Å². The normalized spacial score (nSPS) is 12.9. The first-order valence-corrected chi connectivity index (χ1v) is 6.65. The Hall–Kier alpha value is -0.380. The van der Waals surface area contributed by atoms with E-state index in [1.807, 2.05) is 27.7 Å². The molecule has 1 aromatic rings. The van der Waals surface area contributed by atoms with Gasteiger partial charge in [0.25, 0.3) is 0 Å². The van der Waals surface area contributed by atoms with Gasteiger partial charge in [0.2, 0.25) is 0 Å². The van der Waals surface area contributed by atoms with Crippen LogP contribution in [-0.2, 0) is 6.54 Å². The molecule has 0 amide bonds. The summed E-state index contributed by atoms with van der Waals surface area (Å²) >= 11 is 3.53. The second-order valence-electron chi connectivity index (χ2n) is 5.62. The fourth-order valence-corrected chi connectivity index (χ4v) is 1.71. The van der Waals surface area contributed by atoms with E-state index in [1.165, 1.54) is 11.1 Å². The van der Waals surface area contributed by atoms with E-state index < -0.39 is 5.60 Å². The number of aryl methyl sites for hydroxylation is 1. The summed E-state index contributed by atoms with van der Waals surface area (Å²) in [5, 5.41) is 13.4. The highest BCUT2D eigenvalue weighted by atomic mass is 79.9. The van der Waals surface area contributed by atoms with Crippen molar-refractivity contribution in [2.45, 2.75) is 52.3 Å². The van der Waals surface area contributed by atoms with E-state index >= 15 is 0 Å². The van der Waals surface area contributed by atoms with Crippen molar-refractivity contribution >= 4 is 15.9 Å². The molecule has 0 aliphatic rings. The van der Waals surface area contributed by atoms with Crippen LogP contribution in [0.3, 0.4) is 0 Å². The van der Waals surface area contributed by atoms with Crippen LogP contribution in [0.1, 0.15) is 38.8 Å². The third kappa shape index (κ3) is 3.80. The Morgan fingerprint density at radius 3 is 2.29 bits per heavy atom. The first-order valence-electron chi connectivity index (χ1n) is 5.86. The molecule has 0 heterocycles. The minimum absolute atomic E-state index is 0.329. The molecule has 2 nitrogen and oxygen atoms in total. The number of rotatable bonds is 4. The van der Waals surface area contributed by atoms with Gasteiger partial charge in [-0.15, -0.1) is 0 Å². The summed E-state index contributed by atoms with van der Waals surface area (Å²) in [6, 6.07) is 6.31. The second-order valence-corrected chi connectivity index (χ2v) is 6.48. The molecule has 96 valence electrons. The lowest BCUT2D eigenvalue weighted by Crippen LogP contribution is -2.55. The molecule has 1 aromatic carbocycles. The molecule has 0 radical (unpaired) electrons. The van der Waals surface area contributed by atoms with Crippen LogP contribution in [0.2, 0.25) is 0 Å². The van der Waals surface area contributed by atoms with Gasteiger partial charge in [-0.1, -0.05) is 28.1 Å². The Morgan fingerprint density at radius 1 is 1.24 bits per heavy atom. The highest BCUT2D eigenvalue weighted by molar-refractivity contribution is 9.10. The van der Waals surface area contributed by atoms with Gasteiger partial charge in [0.05, 0.1) is 5.60 Å². The van der Waals surface area contributed by atoms with Crippen molar-refractivity contribution in [3.8, 4) is 0 Å². The van der Waals surface area contributed by atoms with E-state index in [0.717, 1.165) is 11.0 Å². The molecule has 0 saturated carbocycles. The number of halogens is 1. The van der Waals surface area contributed by atoms with Crippen LogP contribution in [0, 0.1) is 6.92 Å². The molecule has 0 bridgehead atoms. The predicted octanol–water partition coefficient (Wildman–Crippen LogP) is 3.40. The van der Waals surface area contributed by atoms with Gasteiger partial charge in [-0.2, -0.15) is 0 Å². The number of aliphatic hydroxyl groups is 1. The lowest BCUT2D eigenvalue weighted by atomic mass is 9.86. The fourth-order valence-electron chi connectivity index (χ4n) is 1.29. The summed E-state index contributed by atoms with van der Waals surface area (Å²) in [5.41, 5.74) is 1.36. The van der Waals surface area contributed by atoms with Crippen molar-refractivity contribution in [3.05, 3.63) is 33.8 Å². The van der Waals surface area contributed by atoms with Crippen LogP contribution in [0.15, 0.2) is 22.7 Å². The van der Waals surface area contributed by atoms with E-state index in [0.29, 0.717) is 0 Å². The van der Waals surface area contributed by atoms with E-state index in [2.05, 4.69) is 46.4 Å². The van der Waals surface area contributed by atoms with E-state index in [1.54, 1.807) is 0 Å². The van der Waals surface area contributed by atoms with Crippen LogP contribution in [0.5, 0.6) is 0 Å². The van der Waals surface area contributed by atoms with Gasteiger partial charge in [0, 0.05) is 16.6 Å². The molecule has 3 heteroatoms. The first kappa shape index (κ1) is 14.7. The van der Waals surface area contributed by atoms with E-state index in [-0.39, 0.29) is 5.54 Å². The van der Waals surface area contributed by atoms with Gasteiger partial charge in [-0.25, -0.2) is 0 Å². The maximum Gasteiger partial charge on any atom is 0.0767 e. The quantitative estimate of drug-likeness (QED) is 0.893. The lowest BCUT2D eigenvalue weighted by Gasteiger charge is -2.38. The number of hydrogen-bond donors (Lipinski definition) is 2. The number of nitrogens with one attached hydrogen (secondary N) is 1. The maximum absolute atomic E-state index is 10.1. The molecule has 0 fully saturated rings. The smallest absolute Gasteiger partial charge is 0.0767 e. The summed E-state index contributed by atoms with van der Waals surface area (Å²) < 4.78 is 1.12. The lowest BCUT2D eigenvalue weighted by molar-refractivity contribution is -0.00532. The maximum atomic E-state index is 10.1. The zero-order chi connectivity index (χ0) is 13.3. The van der Waals surface area contributed by atoms with Crippen molar-refractivity contribution in [1.82, 2.24) is 5.32 Å². The number of benzene rings is 1. The molecular formula is C14H22BrNO. The average Bonchev–Trinajstić information content (AvgIpc) is 2.18. The van der Waals surface area contributed by atoms with Crippen molar-refractivity contribution in [2.75, 3.05) is 0 Å². The predicted molar refractivity (Wildman–Crippen MR) is 76.1 cm³/mol. The zero-order valence-electron chi connectivity index (χ0n) is 11.3. The SMILES string of the molecule is Cc1ccc(CNC(C)(C)C(C)(C)O)cc1Br. The van der Waals surface area contributed by atoms with Gasteiger partial charge in [0.15, 0.2) is 0 Å². The van der Waals surface area contributed by atoms with Crippen molar-refractivity contribution in [3.63, 3.8) is 0 Å². The van der Waals surface area contributed by atoms with Gasteiger partial charge >= 0.3 is 0 Å². The molecule has 1 rings (SSSR count). The topological polar surface area (TPSA) is 32.3 Å². The van der Waals surface area contributed by atoms with Crippen LogP contribution >= 0.6 is 15.9 Å². The molecule has 0 aliphatic carbocycles. The molecule has 0 aliphatic heterocycles. The van der Waals surface area contributed by atoms with Crippen LogP contribution < -0.4 is 5.32 Å². The molecule has 17 heavy (non-hydrogen) atoms. The summed E-state index contributed by atoms with van der Waals surface area (Å²) in [6.07, 6.45) is 0. The zero-order valence-corrected chi connectivity index (χ0v) is 12.9. The number of hydrogen-bond acceptors (Lipinski definition) is 2. The van der Waals surface area contributed by atoms with Crippen molar-refractivity contribution in [1.29, 1.82) is 0 Å². The van der Waals surface area contributed by atoms with Crippen LogP contribution in [-0.4, -0.2) is 16.2 Å². The molecule has 0 spiro atoms. The van der Waals surface area contributed by atoms with Crippen LogP contribution in [0.4, 0.5) is 0 Å². The molecule has 0 saturated heterocycles. The molecule has 0 unspecified atom stereocenters. The highest BCUT2D eigenvalue weighted by Gasteiger charge is 2.34. The van der Waals surface area contributed by atoms with Crippen LogP contribution in [0.25, 0.3) is 0 Å². The minimum atomic E-state index is -0.755. The highest BCUT2D eigenvalue weighted by Crippen LogP contribution is 2.22. The fraction of sp³-hybridized carbons (Fsp3) is 0.571. The Balaban J connectivity index is 2.71. The van der Waals surface area contributed by atoms with Gasteiger partial charge in [0.1, 0.15) is 0 Å². The second kappa shape index (κ2) is 5.09. The first-order chi connectivity index (χ1) is 7.63. The summed E-state index contributed by atoms with van der Waals surface area (Å²) in [4.78, 5) is 0. The van der Waals surface area contributed by atoms with Gasteiger partial charge in [-0.05, 0) is 51.8 Å². The minimum Gasteiger partial charge on any atom is -0.389 e. The van der Waals surface area contributed by atoms with Gasteiger partial charge in [-0.3, -0.25) is 0 Å². The molecular weight excluding hydrogens is 278 g/mol. The molecule has 0 atom stereocenters. The largest absolute Gasteiger partial charge is 0.389 e. The van der Waals surface area contributed by atoms with Crippen molar-refractivity contribution in [2.24, 2.45) is 0 Å². The Kier molecular flexibility index (Phi) is 4.39. The van der Waals surface area contributed by atoms with E-state index in [9.17, 15) is 5.11 Å². The summed E-state index contributed by atoms with van der Waals surface area (Å²) in [5.74, 6) is 0. The molecule has 2 N–H and O–H groups in total. The third-order valence-corrected chi connectivity index (χ3v) is 4.35. The van der Waals surface area contributed by atoms with Gasteiger partial charge < -0.3 is 10.4 Å². The summed E-state index contributed by atoms with van der Waals surface area (Å²) in [6.45, 7) is 10.5. The Bertz CT molecular complexity index is 394.